The lowest BCUT2D eigenvalue weighted by Gasteiger charge is -2.35. The number of hydrogen-bond donors (Lipinski definition) is 1. The second-order valence-electron chi connectivity index (χ2n) is 6.78. The maximum atomic E-state index is 11.8. The summed E-state index contributed by atoms with van der Waals surface area (Å²) in [5, 5.41) is 3.42. The fraction of sp³-hybridized carbons (Fsp3) is 0.632. The van der Waals surface area contributed by atoms with E-state index in [1.165, 1.54) is 16.8 Å². The Labute approximate surface area is 139 Å². The number of esters is 1. The zero-order valence-electron chi connectivity index (χ0n) is 14.3. The monoisotopic (exact) mass is 316 g/mol. The number of piperidine rings is 1. The minimum atomic E-state index is -0.00840. The van der Waals surface area contributed by atoms with Crippen molar-refractivity contribution in [3.63, 3.8) is 0 Å². The Morgan fingerprint density at radius 2 is 2.17 bits per heavy atom. The quantitative estimate of drug-likeness (QED) is 0.848. The zero-order chi connectivity index (χ0) is 16.2. The van der Waals surface area contributed by atoms with Crippen LogP contribution in [0, 0.1) is 5.92 Å². The van der Waals surface area contributed by atoms with Crippen LogP contribution >= 0.6 is 0 Å². The highest BCUT2D eigenvalue weighted by Gasteiger charge is 2.28. The Balaban J connectivity index is 1.51. The largest absolute Gasteiger partial charge is 0.466 e. The van der Waals surface area contributed by atoms with Crippen LogP contribution < -0.4 is 5.32 Å². The number of nitrogens with zero attached hydrogens (tertiary/aromatic N) is 1. The summed E-state index contributed by atoms with van der Waals surface area (Å²) >= 11 is 0. The maximum absolute atomic E-state index is 11.8. The smallest absolute Gasteiger partial charge is 0.309 e. The van der Waals surface area contributed by atoms with E-state index < -0.39 is 0 Å². The van der Waals surface area contributed by atoms with Gasteiger partial charge in [0.1, 0.15) is 0 Å². The number of ether oxygens (including phenoxy) is 1. The van der Waals surface area contributed by atoms with E-state index in [-0.39, 0.29) is 11.9 Å². The highest BCUT2D eigenvalue weighted by molar-refractivity contribution is 5.72. The van der Waals surface area contributed by atoms with E-state index >= 15 is 0 Å². The third-order valence-electron chi connectivity index (χ3n) is 5.18. The molecule has 0 aliphatic carbocycles. The molecular formula is C19H28N2O2. The number of anilines is 1. The third-order valence-corrected chi connectivity index (χ3v) is 5.18. The summed E-state index contributed by atoms with van der Waals surface area (Å²) in [5.41, 5.74) is 4.18. The number of carbonyl (C=O) groups is 1. The van der Waals surface area contributed by atoms with Crippen LogP contribution in [0.15, 0.2) is 18.2 Å². The molecule has 2 aliphatic rings. The molecule has 0 spiro atoms. The molecule has 0 bridgehead atoms. The fourth-order valence-electron chi connectivity index (χ4n) is 3.79. The van der Waals surface area contributed by atoms with Crippen molar-refractivity contribution in [2.75, 3.05) is 31.6 Å². The van der Waals surface area contributed by atoms with Crippen LogP contribution in [0.3, 0.4) is 0 Å². The lowest BCUT2D eigenvalue weighted by atomic mass is 9.94. The average molecular weight is 316 g/mol. The van der Waals surface area contributed by atoms with Crippen molar-refractivity contribution in [2.45, 2.75) is 45.6 Å². The van der Waals surface area contributed by atoms with E-state index in [2.05, 4.69) is 35.3 Å². The minimum Gasteiger partial charge on any atom is -0.466 e. The number of hydrogen-bond acceptors (Lipinski definition) is 4. The first-order chi connectivity index (χ1) is 11.2. The van der Waals surface area contributed by atoms with E-state index in [1.807, 2.05) is 6.92 Å². The summed E-state index contributed by atoms with van der Waals surface area (Å²) in [6.07, 6.45) is 4.08. The molecule has 1 aromatic carbocycles. The van der Waals surface area contributed by atoms with Crippen LogP contribution in [0.1, 0.15) is 37.8 Å². The minimum absolute atomic E-state index is 0.00840. The van der Waals surface area contributed by atoms with Crippen LogP contribution in [0.5, 0.6) is 0 Å². The van der Waals surface area contributed by atoms with Gasteiger partial charge in [-0.15, -0.1) is 0 Å². The zero-order valence-corrected chi connectivity index (χ0v) is 14.3. The SMILES string of the molecule is CCOC(=O)C1CCN(C(C)Cc2ccc3c(c2)CCN3)CC1. The van der Waals surface area contributed by atoms with Gasteiger partial charge in [0.25, 0.3) is 0 Å². The molecule has 4 nitrogen and oxygen atoms in total. The highest BCUT2D eigenvalue weighted by atomic mass is 16.5. The molecule has 1 fully saturated rings. The molecule has 1 aromatic rings. The normalized spacial score (nSPS) is 19.9. The number of benzene rings is 1. The summed E-state index contributed by atoms with van der Waals surface area (Å²) in [4.78, 5) is 14.3. The molecule has 0 radical (unpaired) electrons. The molecule has 1 atom stereocenters. The van der Waals surface area contributed by atoms with Crippen LogP contribution in [0.2, 0.25) is 0 Å². The fourth-order valence-corrected chi connectivity index (χ4v) is 3.79. The van der Waals surface area contributed by atoms with Crippen molar-refractivity contribution >= 4 is 11.7 Å². The number of fused-ring (bicyclic) bond motifs is 1. The average Bonchev–Trinajstić information content (AvgIpc) is 3.03. The van der Waals surface area contributed by atoms with Gasteiger partial charge in [0, 0.05) is 18.3 Å². The second-order valence-corrected chi connectivity index (χ2v) is 6.78. The Morgan fingerprint density at radius 1 is 1.39 bits per heavy atom. The van der Waals surface area contributed by atoms with Gasteiger partial charge in [-0.25, -0.2) is 0 Å². The van der Waals surface area contributed by atoms with Crippen molar-refractivity contribution < 1.29 is 9.53 Å². The van der Waals surface area contributed by atoms with Crippen molar-refractivity contribution in [3.05, 3.63) is 29.3 Å². The van der Waals surface area contributed by atoms with Crippen molar-refractivity contribution in [1.82, 2.24) is 4.90 Å². The van der Waals surface area contributed by atoms with E-state index in [9.17, 15) is 4.79 Å². The molecule has 2 aliphatic heterocycles. The first-order valence-electron chi connectivity index (χ1n) is 8.93. The third kappa shape index (κ3) is 3.86. The topological polar surface area (TPSA) is 41.6 Å². The van der Waals surface area contributed by atoms with Crippen molar-refractivity contribution in [1.29, 1.82) is 0 Å². The predicted octanol–water partition coefficient (Wildman–Crippen LogP) is 2.86. The first-order valence-corrected chi connectivity index (χ1v) is 8.93. The van der Waals surface area contributed by atoms with E-state index in [0.29, 0.717) is 12.6 Å². The summed E-state index contributed by atoms with van der Waals surface area (Å²) in [5.74, 6) is 0.0930. The van der Waals surface area contributed by atoms with Gasteiger partial charge in [-0.1, -0.05) is 12.1 Å². The van der Waals surface area contributed by atoms with Gasteiger partial charge in [-0.3, -0.25) is 4.79 Å². The van der Waals surface area contributed by atoms with E-state index in [0.717, 1.165) is 45.3 Å². The Bertz CT molecular complexity index is 550. The molecule has 4 heteroatoms. The summed E-state index contributed by atoms with van der Waals surface area (Å²) in [7, 11) is 0. The van der Waals surface area contributed by atoms with Crippen molar-refractivity contribution in [2.24, 2.45) is 5.92 Å². The van der Waals surface area contributed by atoms with Gasteiger partial charge < -0.3 is 15.0 Å². The maximum Gasteiger partial charge on any atom is 0.309 e. The Hall–Kier alpha value is -1.55. The Morgan fingerprint density at radius 3 is 2.91 bits per heavy atom. The van der Waals surface area contributed by atoms with Crippen LogP contribution in [-0.2, 0) is 22.4 Å². The number of likely N-dealkylation sites (tertiary alicyclic amines) is 1. The molecule has 1 N–H and O–H groups in total. The molecule has 3 rings (SSSR count). The van der Waals surface area contributed by atoms with Gasteiger partial charge in [-0.2, -0.15) is 0 Å². The molecule has 0 saturated carbocycles. The van der Waals surface area contributed by atoms with Gasteiger partial charge in [0.15, 0.2) is 0 Å². The van der Waals surface area contributed by atoms with Gasteiger partial charge in [-0.05, 0) is 69.8 Å². The van der Waals surface area contributed by atoms with Crippen LogP contribution in [0.4, 0.5) is 5.69 Å². The standard InChI is InChI=1S/C19H28N2O2/c1-3-23-19(22)16-7-10-21(11-8-16)14(2)12-15-4-5-18-17(13-15)6-9-20-18/h4-5,13-14,16,20H,3,6-12H2,1-2H3. The van der Waals surface area contributed by atoms with Crippen LogP contribution in [0.25, 0.3) is 0 Å². The Kier molecular flexibility index (Phi) is 5.21. The lowest BCUT2D eigenvalue weighted by Crippen LogP contribution is -2.42. The molecular weight excluding hydrogens is 288 g/mol. The molecule has 1 saturated heterocycles. The molecule has 23 heavy (non-hydrogen) atoms. The molecule has 126 valence electrons. The summed E-state index contributed by atoms with van der Waals surface area (Å²) in [6.45, 7) is 7.73. The number of nitrogens with one attached hydrogen (secondary N) is 1. The molecule has 0 amide bonds. The van der Waals surface area contributed by atoms with E-state index in [4.69, 9.17) is 4.74 Å². The number of carbonyl (C=O) groups excluding carboxylic acids is 1. The predicted molar refractivity (Wildman–Crippen MR) is 92.7 cm³/mol. The molecule has 0 aromatic heterocycles. The molecule has 1 unspecified atom stereocenters. The van der Waals surface area contributed by atoms with Gasteiger partial charge in [0.05, 0.1) is 12.5 Å². The molecule has 2 heterocycles. The summed E-state index contributed by atoms with van der Waals surface area (Å²) < 4.78 is 5.15. The lowest BCUT2D eigenvalue weighted by molar-refractivity contribution is -0.149. The summed E-state index contributed by atoms with van der Waals surface area (Å²) in [6, 6.07) is 7.35. The highest BCUT2D eigenvalue weighted by Crippen LogP contribution is 2.25. The van der Waals surface area contributed by atoms with E-state index in [1.54, 1.807) is 0 Å². The first kappa shape index (κ1) is 16.3. The van der Waals surface area contributed by atoms with Crippen molar-refractivity contribution in [3.8, 4) is 0 Å². The number of rotatable bonds is 5. The van der Waals surface area contributed by atoms with Gasteiger partial charge in [0.2, 0.25) is 0 Å². The van der Waals surface area contributed by atoms with Crippen LogP contribution in [-0.4, -0.2) is 43.2 Å². The second kappa shape index (κ2) is 7.35. The van der Waals surface area contributed by atoms with Gasteiger partial charge >= 0.3 is 5.97 Å².